The summed E-state index contributed by atoms with van der Waals surface area (Å²) in [5, 5.41) is 3.42. The first-order chi connectivity index (χ1) is 8.09. The zero-order valence-corrected chi connectivity index (χ0v) is 11.4. The summed E-state index contributed by atoms with van der Waals surface area (Å²) in [5.74, 6) is 1.34. The van der Waals surface area contributed by atoms with Gasteiger partial charge in [0.1, 0.15) is 0 Å². The van der Waals surface area contributed by atoms with Crippen LogP contribution < -0.4 is 5.32 Å². The number of carbonyl (C=O) groups is 1. The molecular formula is C14H26N2O. The Labute approximate surface area is 105 Å². The molecule has 0 spiro atoms. The molecule has 17 heavy (non-hydrogen) atoms. The first-order valence-corrected chi connectivity index (χ1v) is 7.13. The number of nitrogens with zero attached hydrogens (tertiary/aromatic N) is 1. The van der Waals surface area contributed by atoms with E-state index in [-0.39, 0.29) is 5.92 Å². The van der Waals surface area contributed by atoms with Crippen molar-refractivity contribution in [2.24, 2.45) is 11.8 Å². The van der Waals surface area contributed by atoms with Gasteiger partial charge in [-0.3, -0.25) is 4.79 Å². The number of hydrogen-bond acceptors (Lipinski definition) is 2. The first-order valence-electron chi connectivity index (χ1n) is 7.13. The number of rotatable bonds is 1. The largest absolute Gasteiger partial charge is 0.339 e. The second kappa shape index (κ2) is 5.38. The van der Waals surface area contributed by atoms with Crippen molar-refractivity contribution in [3.8, 4) is 0 Å². The average Bonchev–Trinajstić information content (AvgIpc) is 2.32. The fourth-order valence-corrected chi connectivity index (χ4v) is 3.24. The van der Waals surface area contributed by atoms with Crippen LogP contribution in [0.2, 0.25) is 0 Å². The van der Waals surface area contributed by atoms with Crippen LogP contribution in [0.3, 0.4) is 0 Å². The van der Waals surface area contributed by atoms with Crippen LogP contribution in [0.1, 0.15) is 46.5 Å². The quantitative estimate of drug-likeness (QED) is 0.758. The standard InChI is InChI=1S/C14H26N2O/c1-10-5-4-8-16(12(10)3)14(17)13-6-7-15-11(2)9-13/h10-13,15H,4-9H2,1-3H3. The van der Waals surface area contributed by atoms with E-state index in [9.17, 15) is 4.79 Å². The van der Waals surface area contributed by atoms with Gasteiger partial charge in [0.25, 0.3) is 0 Å². The molecule has 0 aromatic carbocycles. The van der Waals surface area contributed by atoms with E-state index >= 15 is 0 Å². The Morgan fingerprint density at radius 3 is 2.71 bits per heavy atom. The maximum absolute atomic E-state index is 12.6. The van der Waals surface area contributed by atoms with Crippen LogP contribution >= 0.6 is 0 Å². The summed E-state index contributed by atoms with van der Waals surface area (Å²) in [6.07, 6.45) is 4.47. The number of carbonyl (C=O) groups excluding carboxylic acids is 1. The minimum absolute atomic E-state index is 0.263. The predicted octanol–water partition coefficient (Wildman–Crippen LogP) is 2.02. The summed E-state index contributed by atoms with van der Waals surface area (Å²) in [6, 6.07) is 0.927. The summed E-state index contributed by atoms with van der Waals surface area (Å²) in [4.78, 5) is 14.7. The molecule has 2 aliphatic rings. The van der Waals surface area contributed by atoms with Crippen molar-refractivity contribution >= 4 is 5.91 Å². The van der Waals surface area contributed by atoms with Crippen LogP contribution in [0.25, 0.3) is 0 Å². The number of nitrogens with one attached hydrogen (secondary N) is 1. The van der Waals surface area contributed by atoms with Gasteiger partial charge >= 0.3 is 0 Å². The fourth-order valence-electron chi connectivity index (χ4n) is 3.24. The summed E-state index contributed by atoms with van der Waals surface area (Å²) in [7, 11) is 0. The molecule has 0 aromatic heterocycles. The molecule has 1 amide bonds. The van der Waals surface area contributed by atoms with Crippen molar-refractivity contribution in [2.75, 3.05) is 13.1 Å². The average molecular weight is 238 g/mol. The smallest absolute Gasteiger partial charge is 0.226 e. The monoisotopic (exact) mass is 238 g/mol. The van der Waals surface area contributed by atoms with Crippen molar-refractivity contribution in [1.29, 1.82) is 0 Å². The normalized spacial score (nSPS) is 39.1. The van der Waals surface area contributed by atoms with Gasteiger partial charge < -0.3 is 10.2 Å². The lowest BCUT2D eigenvalue weighted by Gasteiger charge is -2.41. The van der Waals surface area contributed by atoms with Crippen molar-refractivity contribution in [2.45, 2.75) is 58.5 Å². The van der Waals surface area contributed by atoms with Gasteiger partial charge in [0.15, 0.2) is 0 Å². The minimum Gasteiger partial charge on any atom is -0.339 e. The lowest BCUT2D eigenvalue weighted by atomic mass is 9.87. The molecule has 1 N–H and O–H groups in total. The van der Waals surface area contributed by atoms with E-state index in [4.69, 9.17) is 0 Å². The third-order valence-electron chi connectivity index (χ3n) is 4.63. The zero-order chi connectivity index (χ0) is 12.4. The van der Waals surface area contributed by atoms with E-state index in [1.165, 1.54) is 12.8 Å². The van der Waals surface area contributed by atoms with E-state index in [1.807, 2.05) is 0 Å². The summed E-state index contributed by atoms with van der Waals surface area (Å²) < 4.78 is 0. The molecule has 0 radical (unpaired) electrons. The van der Waals surface area contributed by atoms with Crippen molar-refractivity contribution < 1.29 is 4.79 Å². The topological polar surface area (TPSA) is 32.3 Å². The Morgan fingerprint density at radius 2 is 2.00 bits per heavy atom. The predicted molar refractivity (Wildman–Crippen MR) is 69.8 cm³/mol. The third-order valence-corrected chi connectivity index (χ3v) is 4.63. The molecule has 0 aliphatic carbocycles. The van der Waals surface area contributed by atoms with Crippen LogP contribution in [-0.2, 0) is 4.79 Å². The highest BCUT2D eigenvalue weighted by atomic mass is 16.2. The number of piperidine rings is 2. The minimum atomic E-state index is 0.263. The van der Waals surface area contributed by atoms with E-state index in [0.29, 0.717) is 23.9 Å². The highest BCUT2D eigenvalue weighted by molar-refractivity contribution is 5.79. The molecular weight excluding hydrogens is 212 g/mol. The van der Waals surface area contributed by atoms with E-state index in [0.717, 1.165) is 25.9 Å². The van der Waals surface area contributed by atoms with Crippen LogP contribution in [0, 0.1) is 11.8 Å². The van der Waals surface area contributed by atoms with Crippen molar-refractivity contribution in [3.63, 3.8) is 0 Å². The molecule has 2 heterocycles. The molecule has 4 unspecified atom stereocenters. The molecule has 4 atom stereocenters. The van der Waals surface area contributed by atoms with Gasteiger partial charge in [-0.25, -0.2) is 0 Å². The van der Waals surface area contributed by atoms with Gasteiger partial charge in [0.2, 0.25) is 5.91 Å². The van der Waals surface area contributed by atoms with Crippen molar-refractivity contribution in [1.82, 2.24) is 10.2 Å². The first kappa shape index (κ1) is 12.9. The molecule has 3 heteroatoms. The van der Waals surface area contributed by atoms with Crippen LogP contribution in [0.5, 0.6) is 0 Å². The Balaban J connectivity index is 1.98. The Morgan fingerprint density at radius 1 is 1.24 bits per heavy atom. The van der Waals surface area contributed by atoms with E-state index in [2.05, 4.69) is 31.0 Å². The van der Waals surface area contributed by atoms with Crippen LogP contribution in [0.4, 0.5) is 0 Å². The van der Waals surface area contributed by atoms with Gasteiger partial charge in [0, 0.05) is 24.5 Å². The molecule has 2 aliphatic heterocycles. The third kappa shape index (κ3) is 2.82. The number of hydrogen-bond donors (Lipinski definition) is 1. The molecule has 2 rings (SSSR count). The molecule has 98 valence electrons. The van der Waals surface area contributed by atoms with Crippen molar-refractivity contribution in [3.05, 3.63) is 0 Å². The lowest BCUT2D eigenvalue weighted by Crippen LogP contribution is -2.51. The Hall–Kier alpha value is -0.570. The maximum Gasteiger partial charge on any atom is 0.226 e. The van der Waals surface area contributed by atoms with Gasteiger partial charge in [-0.05, 0) is 52.0 Å². The second-order valence-electron chi connectivity index (χ2n) is 5.97. The fraction of sp³-hybridized carbons (Fsp3) is 0.929. The highest BCUT2D eigenvalue weighted by Crippen LogP contribution is 2.27. The Bertz CT molecular complexity index is 279. The molecule has 2 saturated heterocycles. The Kier molecular flexibility index (Phi) is 4.08. The molecule has 2 fully saturated rings. The van der Waals surface area contributed by atoms with Gasteiger partial charge in [-0.15, -0.1) is 0 Å². The summed E-state index contributed by atoms with van der Waals surface area (Å²) in [6.45, 7) is 8.64. The number of amides is 1. The maximum atomic E-state index is 12.6. The molecule has 0 aromatic rings. The van der Waals surface area contributed by atoms with Gasteiger partial charge in [-0.1, -0.05) is 6.92 Å². The summed E-state index contributed by atoms with van der Waals surface area (Å²) in [5.41, 5.74) is 0. The van der Waals surface area contributed by atoms with E-state index < -0.39 is 0 Å². The molecule has 0 bridgehead atoms. The highest BCUT2D eigenvalue weighted by Gasteiger charge is 2.34. The number of likely N-dealkylation sites (tertiary alicyclic amines) is 1. The second-order valence-corrected chi connectivity index (χ2v) is 5.97. The van der Waals surface area contributed by atoms with Crippen LogP contribution in [-0.4, -0.2) is 36.0 Å². The van der Waals surface area contributed by atoms with Gasteiger partial charge in [0.05, 0.1) is 0 Å². The molecule has 3 nitrogen and oxygen atoms in total. The lowest BCUT2D eigenvalue weighted by molar-refractivity contribution is -0.141. The van der Waals surface area contributed by atoms with Crippen LogP contribution in [0.15, 0.2) is 0 Å². The summed E-state index contributed by atoms with van der Waals surface area (Å²) >= 11 is 0. The van der Waals surface area contributed by atoms with Gasteiger partial charge in [-0.2, -0.15) is 0 Å². The zero-order valence-electron chi connectivity index (χ0n) is 11.4. The SMILES string of the molecule is CC1CC(C(=O)N2CCCC(C)C2C)CCN1. The van der Waals surface area contributed by atoms with E-state index in [1.54, 1.807) is 0 Å². The molecule has 0 saturated carbocycles.